The van der Waals surface area contributed by atoms with Gasteiger partial charge in [0.15, 0.2) is 11.5 Å². The maximum absolute atomic E-state index is 12.1. The molecule has 0 bridgehead atoms. The molecule has 0 aliphatic carbocycles. The topological polar surface area (TPSA) is 75.8 Å². The number of carbonyl (C=O) groups excluding carboxylic acids is 1. The van der Waals surface area contributed by atoms with Crippen LogP contribution in [0.1, 0.15) is 5.56 Å². The molecule has 0 unspecified atom stereocenters. The number of phenolic OH excluding ortho intramolecular Hbond substituents is 1. The van der Waals surface area contributed by atoms with Gasteiger partial charge in [-0.1, -0.05) is 18.2 Å². The Morgan fingerprint density at radius 2 is 2.16 bits per heavy atom. The molecule has 0 aliphatic heterocycles. The van der Waals surface area contributed by atoms with Gasteiger partial charge in [-0.2, -0.15) is 5.10 Å². The number of rotatable bonds is 5. The zero-order chi connectivity index (χ0) is 17.8. The Balaban J connectivity index is 1.66. The first-order valence-corrected chi connectivity index (χ1v) is 8.30. The monoisotopic (exact) mass is 401 g/mol. The van der Waals surface area contributed by atoms with E-state index in [1.54, 1.807) is 12.1 Å². The first kappa shape index (κ1) is 17.0. The highest BCUT2D eigenvalue weighted by Gasteiger charge is 2.08. The van der Waals surface area contributed by atoms with Gasteiger partial charge in [-0.15, -0.1) is 0 Å². The van der Waals surface area contributed by atoms with Gasteiger partial charge in [0.05, 0.1) is 17.8 Å². The van der Waals surface area contributed by atoms with Crippen LogP contribution in [-0.2, 0) is 11.3 Å². The number of ether oxygens (including phenoxy) is 1. The van der Waals surface area contributed by atoms with Crippen LogP contribution in [-0.4, -0.2) is 28.9 Å². The summed E-state index contributed by atoms with van der Waals surface area (Å²) in [5, 5.41) is 14.8. The van der Waals surface area contributed by atoms with Crippen molar-refractivity contribution in [2.45, 2.75) is 6.54 Å². The van der Waals surface area contributed by atoms with Gasteiger partial charge in [-0.3, -0.25) is 4.79 Å². The first-order chi connectivity index (χ1) is 12.1. The molecule has 7 heteroatoms. The first-order valence-electron chi connectivity index (χ1n) is 7.51. The van der Waals surface area contributed by atoms with Gasteiger partial charge in [-0.05, 0) is 51.1 Å². The van der Waals surface area contributed by atoms with E-state index in [0.29, 0.717) is 15.8 Å². The maximum atomic E-state index is 12.1. The van der Waals surface area contributed by atoms with E-state index in [-0.39, 0.29) is 18.2 Å². The number of hydrazone groups is 1. The summed E-state index contributed by atoms with van der Waals surface area (Å²) in [5.74, 6) is 0.103. The van der Waals surface area contributed by atoms with Crippen molar-refractivity contribution in [2.75, 3.05) is 7.11 Å². The highest BCUT2D eigenvalue weighted by atomic mass is 79.9. The quantitative estimate of drug-likeness (QED) is 0.508. The van der Waals surface area contributed by atoms with Gasteiger partial charge >= 0.3 is 0 Å². The third kappa shape index (κ3) is 3.83. The summed E-state index contributed by atoms with van der Waals surface area (Å²) >= 11 is 3.24. The van der Waals surface area contributed by atoms with Crippen LogP contribution in [0.4, 0.5) is 0 Å². The van der Waals surface area contributed by atoms with Crippen LogP contribution in [0.5, 0.6) is 11.5 Å². The summed E-state index contributed by atoms with van der Waals surface area (Å²) in [6, 6.07) is 13.1. The molecule has 0 fully saturated rings. The van der Waals surface area contributed by atoms with E-state index >= 15 is 0 Å². The van der Waals surface area contributed by atoms with Crippen LogP contribution in [0, 0.1) is 0 Å². The number of benzene rings is 2. The SMILES string of the molecule is COc1cc(/C=N/NC(=O)Cn2ccc3ccccc32)cc(Br)c1O. The van der Waals surface area contributed by atoms with E-state index in [9.17, 15) is 9.90 Å². The number of aromatic nitrogens is 1. The molecule has 0 aliphatic rings. The maximum Gasteiger partial charge on any atom is 0.259 e. The fraction of sp³-hybridized carbons (Fsp3) is 0.111. The summed E-state index contributed by atoms with van der Waals surface area (Å²) in [6.45, 7) is 0.174. The summed E-state index contributed by atoms with van der Waals surface area (Å²) < 4.78 is 7.42. The Morgan fingerprint density at radius 1 is 1.36 bits per heavy atom. The lowest BCUT2D eigenvalue weighted by Gasteiger charge is -2.06. The number of methoxy groups -OCH3 is 1. The standard InChI is InChI=1S/C18H16BrN3O3/c1-25-16-9-12(8-14(19)18(16)24)10-20-21-17(23)11-22-7-6-13-4-2-3-5-15(13)22/h2-10,24H,11H2,1H3,(H,21,23)/b20-10+. The lowest BCUT2D eigenvalue weighted by atomic mass is 10.2. The second kappa shape index (κ2) is 7.40. The predicted octanol–water partition coefficient (Wildman–Crippen LogP) is 3.27. The van der Waals surface area contributed by atoms with Crippen LogP contribution in [0.3, 0.4) is 0 Å². The molecule has 3 aromatic rings. The van der Waals surface area contributed by atoms with Gasteiger partial charge in [0.1, 0.15) is 6.54 Å². The molecule has 0 saturated heterocycles. The van der Waals surface area contributed by atoms with Gasteiger partial charge in [0, 0.05) is 11.7 Å². The van der Waals surface area contributed by atoms with Crippen LogP contribution in [0.25, 0.3) is 10.9 Å². The highest BCUT2D eigenvalue weighted by molar-refractivity contribution is 9.10. The van der Waals surface area contributed by atoms with Crippen molar-refractivity contribution >= 4 is 39.0 Å². The number of fused-ring (bicyclic) bond motifs is 1. The van der Waals surface area contributed by atoms with Crippen LogP contribution >= 0.6 is 15.9 Å². The number of hydrogen-bond donors (Lipinski definition) is 2. The molecule has 0 saturated carbocycles. The third-order valence-electron chi connectivity index (χ3n) is 3.67. The third-order valence-corrected chi connectivity index (χ3v) is 4.27. The van der Waals surface area contributed by atoms with Gasteiger partial charge in [0.2, 0.25) is 0 Å². The van der Waals surface area contributed by atoms with Gasteiger partial charge < -0.3 is 14.4 Å². The number of hydrogen-bond acceptors (Lipinski definition) is 4. The molecule has 3 rings (SSSR count). The molecule has 128 valence electrons. The lowest BCUT2D eigenvalue weighted by Crippen LogP contribution is -2.22. The number of carbonyl (C=O) groups is 1. The number of para-hydroxylation sites is 1. The number of aromatic hydroxyl groups is 1. The van der Waals surface area contributed by atoms with E-state index in [1.807, 2.05) is 41.1 Å². The number of phenols is 1. The average Bonchev–Trinajstić information content (AvgIpc) is 3.01. The summed E-state index contributed by atoms with van der Waals surface area (Å²) in [4.78, 5) is 12.1. The Bertz CT molecular complexity index is 950. The zero-order valence-corrected chi connectivity index (χ0v) is 15.0. The highest BCUT2D eigenvalue weighted by Crippen LogP contribution is 2.34. The van der Waals surface area contributed by atoms with Gasteiger partial charge in [-0.25, -0.2) is 5.43 Å². The predicted molar refractivity (Wildman–Crippen MR) is 100 cm³/mol. The minimum absolute atomic E-state index is 0.0168. The van der Waals surface area contributed by atoms with Crippen LogP contribution < -0.4 is 10.2 Å². The molecule has 1 heterocycles. The minimum atomic E-state index is -0.234. The van der Waals surface area contributed by atoms with Crippen molar-refractivity contribution < 1.29 is 14.6 Å². The van der Waals surface area contributed by atoms with E-state index in [4.69, 9.17) is 4.74 Å². The number of nitrogens with zero attached hydrogens (tertiary/aromatic N) is 2. The molecule has 6 nitrogen and oxygen atoms in total. The average molecular weight is 402 g/mol. The smallest absolute Gasteiger partial charge is 0.259 e. The molecule has 0 spiro atoms. The number of nitrogens with one attached hydrogen (secondary N) is 1. The Morgan fingerprint density at radius 3 is 2.96 bits per heavy atom. The van der Waals surface area contributed by atoms with Crippen LogP contribution in [0.15, 0.2) is 58.2 Å². The van der Waals surface area contributed by atoms with Crippen molar-refractivity contribution in [3.05, 3.63) is 58.7 Å². The summed E-state index contributed by atoms with van der Waals surface area (Å²) in [6.07, 6.45) is 3.36. The van der Waals surface area contributed by atoms with Crippen molar-refractivity contribution in [2.24, 2.45) is 5.10 Å². The van der Waals surface area contributed by atoms with Crippen molar-refractivity contribution in [3.8, 4) is 11.5 Å². The minimum Gasteiger partial charge on any atom is -0.503 e. The fourth-order valence-corrected chi connectivity index (χ4v) is 2.93. The molecular weight excluding hydrogens is 386 g/mol. The molecular formula is C18H16BrN3O3. The number of amides is 1. The van der Waals surface area contributed by atoms with E-state index in [1.165, 1.54) is 13.3 Å². The molecule has 0 radical (unpaired) electrons. The second-order valence-electron chi connectivity index (χ2n) is 5.35. The Kier molecular flexibility index (Phi) is 5.04. The molecule has 0 atom stereocenters. The van der Waals surface area contributed by atoms with E-state index in [2.05, 4.69) is 26.5 Å². The zero-order valence-electron chi connectivity index (χ0n) is 13.4. The summed E-state index contributed by atoms with van der Waals surface area (Å²) in [5.41, 5.74) is 4.17. The van der Waals surface area contributed by atoms with E-state index < -0.39 is 0 Å². The molecule has 2 aromatic carbocycles. The van der Waals surface area contributed by atoms with Crippen molar-refractivity contribution in [3.63, 3.8) is 0 Å². The molecule has 1 amide bonds. The largest absolute Gasteiger partial charge is 0.503 e. The van der Waals surface area contributed by atoms with E-state index in [0.717, 1.165) is 10.9 Å². The second-order valence-corrected chi connectivity index (χ2v) is 6.20. The van der Waals surface area contributed by atoms with Gasteiger partial charge in [0.25, 0.3) is 5.91 Å². The van der Waals surface area contributed by atoms with Crippen molar-refractivity contribution in [1.29, 1.82) is 0 Å². The number of halogens is 1. The fourth-order valence-electron chi connectivity index (χ4n) is 2.47. The normalized spacial score (nSPS) is 11.1. The lowest BCUT2D eigenvalue weighted by molar-refractivity contribution is -0.121. The van der Waals surface area contributed by atoms with Crippen molar-refractivity contribution in [1.82, 2.24) is 9.99 Å². The van der Waals surface area contributed by atoms with Crippen LogP contribution in [0.2, 0.25) is 0 Å². The molecule has 2 N–H and O–H groups in total. The summed E-state index contributed by atoms with van der Waals surface area (Å²) in [7, 11) is 1.46. The molecule has 25 heavy (non-hydrogen) atoms. The Hall–Kier alpha value is -2.80. The Labute approximate surface area is 152 Å². The molecule has 1 aromatic heterocycles.